The topological polar surface area (TPSA) is 156 Å². The lowest BCUT2D eigenvalue weighted by Crippen LogP contribution is -2.64. The van der Waals surface area contributed by atoms with Crippen LogP contribution in [0.2, 0.25) is 0 Å². The Hall–Kier alpha value is -4.22. The van der Waals surface area contributed by atoms with Gasteiger partial charge in [0.2, 0.25) is 23.6 Å². The Bertz CT molecular complexity index is 1490. The van der Waals surface area contributed by atoms with Crippen LogP contribution in [0.4, 0.5) is 0 Å². The van der Waals surface area contributed by atoms with E-state index in [-0.39, 0.29) is 36.7 Å². The summed E-state index contributed by atoms with van der Waals surface area (Å²) < 4.78 is 7.02. The van der Waals surface area contributed by atoms with Crippen LogP contribution in [-0.2, 0) is 46.7 Å². The fraction of sp³-hybridized carbons (Fsp3) is 0.611. The molecule has 12 heteroatoms. The highest BCUT2D eigenvalue weighted by atomic mass is 16.5. The number of aromatic nitrogens is 1. The molecule has 2 aliphatic heterocycles. The predicted octanol–water partition coefficient (Wildman–Crippen LogP) is 3.53. The molecule has 2 aliphatic rings. The van der Waals surface area contributed by atoms with E-state index in [2.05, 4.69) is 16.0 Å². The van der Waals surface area contributed by atoms with Crippen molar-refractivity contribution in [2.75, 3.05) is 6.54 Å². The van der Waals surface area contributed by atoms with Gasteiger partial charge in [0.05, 0.1) is 5.52 Å². The molecule has 262 valence electrons. The van der Waals surface area contributed by atoms with Crippen molar-refractivity contribution in [3.63, 3.8) is 0 Å². The maximum Gasteiger partial charge on any atom is 0.304 e. The van der Waals surface area contributed by atoms with E-state index in [4.69, 9.17) is 4.74 Å². The molecule has 1 aromatic carbocycles. The molecule has 1 unspecified atom stereocenters. The molecule has 3 heterocycles. The van der Waals surface area contributed by atoms with Crippen LogP contribution >= 0.6 is 0 Å². The summed E-state index contributed by atoms with van der Waals surface area (Å²) in [6.07, 6.45) is 7.80. The Morgan fingerprint density at radius 3 is 2.40 bits per heavy atom. The summed E-state index contributed by atoms with van der Waals surface area (Å²) in [6.45, 7) is 7.39. The molecule has 0 aliphatic carbocycles. The predicted molar refractivity (Wildman–Crippen MR) is 180 cm³/mol. The van der Waals surface area contributed by atoms with Crippen LogP contribution in [0.15, 0.2) is 30.5 Å². The van der Waals surface area contributed by atoms with Gasteiger partial charge in [0.1, 0.15) is 30.0 Å². The summed E-state index contributed by atoms with van der Waals surface area (Å²) in [4.78, 5) is 80.9. The monoisotopic (exact) mass is 665 g/mol. The number of benzene rings is 1. The normalized spacial score (nSPS) is 22.9. The molecule has 4 rings (SSSR count). The number of unbranched alkanes of at least 4 members (excludes halogenated alkanes) is 2. The van der Waals surface area contributed by atoms with Gasteiger partial charge in [-0.15, -0.1) is 0 Å². The molecule has 2 saturated heterocycles. The van der Waals surface area contributed by atoms with Gasteiger partial charge in [-0.3, -0.25) is 28.8 Å². The fourth-order valence-electron chi connectivity index (χ4n) is 6.60. The number of esters is 1. The number of piperidine rings is 1. The Balaban J connectivity index is 1.67. The minimum absolute atomic E-state index is 0.0153. The van der Waals surface area contributed by atoms with Crippen LogP contribution < -0.4 is 16.0 Å². The number of para-hydroxylation sites is 1. The van der Waals surface area contributed by atoms with E-state index in [1.807, 2.05) is 45.0 Å². The van der Waals surface area contributed by atoms with Crippen molar-refractivity contribution in [1.29, 1.82) is 0 Å². The number of carbonyl (C=O) groups excluding carboxylic acids is 6. The maximum atomic E-state index is 14.1. The molecule has 0 spiro atoms. The van der Waals surface area contributed by atoms with E-state index in [1.165, 1.54) is 6.92 Å². The first kappa shape index (κ1) is 36.6. The molecule has 0 radical (unpaired) electrons. The quantitative estimate of drug-likeness (QED) is 0.218. The first-order valence-corrected chi connectivity index (χ1v) is 17.5. The van der Waals surface area contributed by atoms with Crippen molar-refractivity contribution in [3.05, 3.63) is 36.0 Å². The first-order chi connectivity index (χ1) is 23.0. The average molecular weight is 666 g/mol. The van der Waals surface area contributed by atoms with Crippen LogP contribution in [-0.4, -0.2) is 75.6 Å². The number of rotatable bonds is 13. The van der Waals surface area contributed by atoms with Crippen LogP contribution in [0.3, 0.4) is 0 Å². The van der Waals surface area contributed by atoms with E-state index in [0.717, 1.165) is 29.3 Å². The molecule has 4 amide bonds. The minimum Gasteiger partial charge on any atom is -0.444 e. The zero-order valence-electron chi connectivity index (χ0n) is 28.7. The van der Waals surface area contributed by atoms with Gasteiger partial charge < -0.3 is 30.2 Å². The van der Waals surface area contributed by atoms with Gasteiger partial charge >= 0.3 is 5.97 Å². The third-order valence-electron chi connectivity index (χ3n) is 9.68. The van der Waals surface area contributed by atoms with E-state index >= 15 is 0 Å². The van der Waals surface area contributed by atoms with Gasteiger partial charge in [-0.1, -0.05) is 58.2 Å². The number of ether oxygens (including phenoxy) is 1. The molecule has 0 bridgehead atoms. The van der Waals surface area contributed by atoms with Crippen molar-refractivity contribution in [2.24, 2.45) is 5.92 Å². The smallest absolute Gasteiger partial charge is 0.304 e. The van der Waals surface area contributed by atoms with Crippen molar-refractivity contribution in [3.8, 4) is 0 Å². The molecule has 0 saturated carbocycles. The second-order valence-corrected chi connectivity index (χ2v) is 13.1. The number of fused-ring (bicyclic) bond motifs is 2. The number of carbonyl (C=O) groups is 6. The Labute approximate surface area is 282 Å². The number of amides is 4. The highest BCUT2D eigenvalue weighted by Crippen LogP contribution is 2.25. The number of hydrogen-bond acceptors (Lipinski definition) is 7. The molecule has 1 aromatic heterocycles. The third kappa shape index (κ3) is 9.23. The molecular formula is C36H51N5O7. The van der Waals surface area contributed by atoms with E-state index in [9.17, 15) is 28.8 Å². The summed E-state index contributed by atoms with van der Waals surface area (Å²) >= 11 is 0. The average Bonchev–Trinajstić information content (AvgIpc) is 3.44. The van der Waals surface area contributed by atoms with Crippen LogP contribution in [0, 0.1) is 5.92 Å². The van der Waals surface area contributed by atoms with E-state index in [0.29, 0.717) is 57.9 Å². The number of nitrogens with zero attached hydrogens (tertiary/aromatic N) is 2. The van der Waals surface area contributed by atoms with Crippen LogP contribution in [0.25, 0.3) is 10.9 Å². The lowest BCUT2D eigenvalue weighted by atomic mass is 9.93. The van der Waals surface area contributed by atoms with Crippen molar-refractivity contribution in [1.82, 2.24) is 25.4 Å². The lowest BCUT2D eigenvalue weighted by molar-refractivity contribution is -0.147. The second-order valence-electron chi connectivity index (χ2n) is 13.1. The maximum absolute atomic E-state index is 14.1. The number of hydrogen-bond donors (Lipinski definition) is 3. The third-order valence-corrected chi connectivity index (χ3v) is 9.68. The number of ketones is 1. The largest absolute Gasteiger partial charge is 0.444 e. The molecule has 5 atom stereocenters. The van der Waals surface area contributed by atoms with Gasteiger partial charge in [0, 0.05) is 44.3 Å². The Morgan fingerprint density at radius 1 is 0.938 bits per heavy atom. The summed E-state index contributed by atoms with van der Waals surface area (Å²) in [7, 11) is 0. The summed E-state index contributed by atoms with van der Waals surface area (Å²) in [6, 6.07) is 3.92. The molecule has 2 aromatic rings. The summed E-state index contributed by atoms with van der Waals surface area (Å²) in [5, 5.41) is 9.66. The summed E-state index contributed by atoms with van der Waals surface area (Å²) in [5.41, 5.74) is 1.54. The van der Waals surface area contributed by atoms with E-state index < -0.39 is 42.0 Å². The standard InChI is InChI=1S/C36H51N5O7/c1-5-23(3)32-36(47)41-19-13-12-18-31(41)35(46)37-28(16-9-7-8-14-26(43)6-2)33(44)38-29(34(45)39-32)20-25-21-40(22-48-24(4)42)30-17-11-10-15-27(25)30/h10-11,15,17,21,23,28-29,31-32H,5-9,12-14,16,18-20,22H2,1-4H3,(H,37,46)(H,38,44)(H,39,45)/t23?,28-,29-,31+,32-/m0/s1. The first-order valence-electron chi connectivity index (χ1n) is 17.5. The van der Waals surface area contributed by atoms with Gasteiger partial charge in [0.25, 0.3) is 0 Å². The SMILES string of the molecule is CCC(=O)CCCCC[C@@H]1NC(=O)[C@H]2CCCCN2C(=O)[C@H](C(C)CC)NC(=O)[C@H](Cc2cn(COC(C)=O)c3ccccc23)NC1=O. The molecule has 3 N–H and O–H groups in total. The van der Waals surface area contributed by atoms with Crippen LogP contribution in [0.1, 0.15) is 97.5 Å². The Morgan fingerprint density at radius 2 is 1.67 bits per heavy atom. The van der Waals surface area contributed by atoms with Crippen molar-refractivity contribution >= 4 is 46.3 Å². The zero-order valence-corrected chi connectivity index (χ0v) is 28.7. The number of nitrogens with one attached hydrogen (secondary N) is 3. The highest BCUT2D eigenvalue weighted by Gasteiger charge is 2.40. The fourth-order valence-corrected chi connectivity index (χ4v) is 6.60. The summed E-state index contributed by atoms with van der Waals surface area (Å²) in [5.74, 6) is -2.09. The molecular weight excluding hydrogens is 614 g/mol. The minimum atomic E-state index is -1.07. The number of Topliss-reactive ketones (excluding diaryl/α,β-unsaturated/α-hetero) is 1. The molecule has 12 nitrogen and oxygen atoms in total. The lowest BCUT2D eigenvalue weighted by Gasteiger charge is -2.39. The van der Waals surface area contributed by atoms with Gasteiger partial charge in [0.15, 0.2) is 6.73 Å². The molecule has 2 fully saturated rings. The Kier molecular flexibility index (Phi) is 13.2. The van der Waals surface area contributed by atoms with Gasteiger partial charge in [-0.2, -0.15) is 0 Å². The zero-order chi connectivity index (χ0) is 34.8. The van der Waals surface area contributed by atoms with Crippen molar-refractivity contribution < 1.29 is 33.5 Å². The van der Waals surface area contributed by atoms with Gasteiger partial charge in [-0.25, -0.2) is 0 Å². The highest BCUT2D eigenvalue weighted by molar-refractivity contribution is 5.98. The second kappa shape index (κ2) is 17.3. The molecule has 48 heavy (non-hydrogen) atoms. The van der Waals surface area contributed by atoms with E-state index in [1.54, 1.807) is 15.7 Å². The van der Waals surface area contributed by atoms with Gasteiger partial charge in [-0.05, 0) is 49.7 Å². The van der Waals surface area contributed by atoms with Crippen LogP contribution in [0.5, 0.6) is 0 Å². The van der Waals surface area contributed by atoms with Crippen molar-refractivity contribution in [2.45, 2.75) is 129 Å².